The van der Waals surface area contributed by atoms with E-state index in [2.05, 4.69) is 5.73 Å². The first-order valence-corrected chi connectivity index (χ1v) is 3.60. The first-order chi connectivity index (χ1) is 5.96. The highest BCUT2D eigenvalue weighted by Crippen LogP contribution is 2.32. The van der Waals surface area contributed by atoms with Gasteiger partial charge in [0, 0.05) is 5.56 Å². The molecule has 0 radical (unpaired) electrons. The van der Waals surface area contributed by atoms with Crippen molar-refractivity contribution in [1.29, 1.82) is 0 Å². The summed E-state index contributed by atoms with van der Waals surface area (Å²) >= 11 is 0. The molecule has 0 fully saturated rings. The topological polar surface area (TPSA) is 27.6 Å². The van der Waals surface area contributed by atoms with Crippen LogP contribution in [-0.2, 0) is 12.7 Å². The van der Waals surface area contributed by atoms with Gasteiger partial charge in [-0.15, -0.1) is 0 Å². The zero-order valence-corrected chi connectivity index (χ0v) is 6.66. The minimum absolute atomic E-state index is 0.00968. The molecule has 0 saturated heterocycles. The minimum Gasteiger partial charge on any atom is -0.354 e. The number of rotatable bonds is 1. The van der Waals surface area contributed by atoms with E-state index in [9.17, 15) is 17.6 Å². The maximum Gasteiger partial charge on any atom is 0.419 e. The fourth-order valence-corrected chi connectivity index (χ4v) is 0.992. The summed E-state index contributed by atoms with van der Waals surface area (Å²) in [5.41, 5.74) is 2.09. The SMILES string of the molecule is [NH3+]Cc1cccc(C(F)(F)F)c1F. The van der Waals surface area contributed by atoms with E-state index in [0.29, 0.717) is 6.07 Å². The van der Waals surface area contributed by atoms with Crippen molar-refractivity contribution in [3.05, 3.63) is 35.1 Å². The van der Waals surface area contributed by atoms with Crippen molar-refractivity contribution in [3.8, 4) is 0 Å². The van der Waals surface area contributed by atoms with Gasteiger partial charge in [0.1, 0.15) is 12.4 Å². The number of halogens is 4. The molecule has 0 aliphatic rings. The van der Waals surface area contributed by atoms with Gasteiger partial charge in [-0.1, -0.05) is 12.1 Å². The Hall–Kier alpha value is -1.10. The summed E-state index contributed by atoms with van der Waals surface area (Å²) in [6.45, 7) is 0.00968. The summed E-state index contributed by atoms with van der Waals surface area (Å²) in [4.78, 5) is 0. The Morgan fingerprint density at radius 2 is 1.85 bits per heavy atom. The van der Waals surface area contributed by atoms with E-state index in [1.807, 2.05) is 0 Å². The van der Waals surface area contributed by atoms with E-state index in [-0.39, 0.29) is 12.1 Å². The average molecular weight is 194 g/mol. The first-order valence-electron chi connectivity index (χ1n) is 3.60. The molecule has 1 aromatic rings. The molecule has 0 atom stereocenters. The predicted molar refractivity (Wildman–Crippen MR) is 38.0 cm³/mol. The van der Waals surface area contributed by atoms with Gasteiger partial charge in [-0.05, 0) is 6.07 Å². The first kappa shape index (κ1) is 9.98. The van der Waals surface area contributed by atoms with E-state index in [1.165, 1.54) is 12.1 Å². The molecule has 0 spiro atoms. The fourth-order valence-electron chi connectivity index (χ4n) is 0.992. The molecule has 0 unspecified atom stereocenters. The second kappa shape index (κ2) is 3.33. The molecule has 72 valence electrons. The van der Waals surface area contributed by atoms with E-state index >= 15 is 0 Å². The van der Waals surface area contributed by atoms with Crippen molar-refractivity contribution in [2.24, 2.45) is 0 Å². The summed E-state index contributed by atoms with van der Waals surface area (Å²) < 4.78 is 49.3. The van der Waals surface area contributed by atoms with Crippen molar-refractivity contribution < 1.29 is 23.3 Å². The zero-order valence-electron chi connectivity index (χ0n) is 6.66. The Morgan fingerprint density at radius 3 is 2.31 bits per heavy atom. The van der Waals surface area contributed by atoms with Crippen LogP contribution < -0.4 is 5.73 Å². The Morgan fingerprint density at radius 1 is 1.23 bits per heavy atom. The lowest BCUT2D eigenvalue weighted by molar-refractivity contribution is -0.387. The molecule has 0 heterocycles. The molecule has 0 aromatic heterocycles. The van der Waals surface area contributed by atoms with E-state index < -0.39 is 17.6 Å². The molecule has 0 bridgehead atoms. The molecule has 0 aliphatic carbocycles. The molecule has 0 saturated carbocycles. The van der Waals surface area contributed by atoms with Crippen LogP contribution in [0.25, 0.3) is 0 Å². The molecule has 13 heavy (non-hydrogen) atoms. The molecule has 0 aliphatic heterocycles. The van der Waals surface area contributed by atoms with Gasteiger partial charge < -0.3 is 5.73 Å². The minimum atomic E-state index is -4.63. The van der Waals surface area contributed by atoms with E-state index in [4.69, 9.17) is 0 Å². The lowest BCUT2D eigenvalue weighted by Crippen LogP contribution is -2.47. The standard InChI is InChI=1S/C8H7F4N/c9-7-5(4-13)2-1-3-6(7)8(10,11)12/h1-3H,4,13H2/p+1. The smallest absolute Gasteiger partial charge is 0.354 e. The van der Waals surface area contributed by atoms with Crippen LogP contribution in [0, 0.1) is 5.82 Å². The quantitative estimate of drug-likeness (QED) is 0.657. The number of benzene rings is 1. The van der Waals surface area contributed by atoms with Crippen LogP contribution in [0.2, 0.25) is 0 Å². The van der Waals surface area contributed by atoms with Gasteiger partial charge >= 0.3 is 6.18 Å². The van der Waals surface area contributed by atoms with Gasteiger partial charge in [-0.2, -0.15) is 13.2 Å². The molecule has 1 aromatic carbocycles. The molecule has 1 nitrogen and oxygen atoms in total. The number of alkyl halides is 3. The van der Waals surface area contributed by atoms with Crippen LogP contribution in [0.3, 0.4) is 0 Å². The van der Waals surface area contributed by atoms with Gasteiger partial charge in [0.15, 0.2) is 0 Å². The van der Waals surface area contributed by atoms with Gasteiger partial charge in [0.05, 0.1) is 5.56 Å². The van der Waals surface area contributed by atoms with Crippen LogP contribution in [0.5, 0.6) is 0 Å². The van der Waals surface area contributed by atoms with Crippen molar-refractivity contribution >= 4 is 0 Å². The Balaban J connectivity index is 3.24. The van der Waals surface area contributed by atoms with Crippen molar-refractivity contribution in [1.82, 2.24) is 0 Å². The lowest BCUT2D eigenvalue weighted by Gasteiger charge is -2.08. The van der Waals surface area contributed by atoms with Crippen LogP contribution in [0.4, 0.5) is 17.6 Å². The molecule has 1 rings (SSSR count). The van der Waals surface area contributed by atoms with E-state index in [1.54, 1.807) is 0 Å². The van der Waals surface area contributed by atoms with Gasteiger partial charge in [0.25, 0.3) is 0 Å². The molecular weight excluding hydrogens is 186 g/mol. The third kappa shape index (κ3) is 1.98. The van der Waals surface area contributed by atoms with Crippen molar-refractivity contribution in [2.75, 3.05) is 0 Å². The second-order valence-electron chi connectivity index (χ2n) is 2.53. The molecular formula is C8H8F4N+. The van der Waals surface area contributed by atoms with Gasteiger partial charge in [0.2, 0.25) is 0 Å². The molecule has 0 amide bonds. The lowest BCUT2D eigenvalue weighted by atomic mass is 10.1. The van der Waals surface area contributed by atoms with Crippen molar-refractivity contribution in [3.63, 3.8) is 0 Å². The summed E-state index contributed by atoms with van der Waals surface area (Å²) in [5, 5.41) is 0. The third-order valence-corrected chi connectivity index (χ3v) is 1.65. The summed E-state index contributed by atoms with van der Waals surface area (Å²) in [6.07, 6.45) is -4.63. The number of quaternary nitrogens is 1. The van der Waals surface area contributed by atoms with Crippen molar-refractivity contribution in [2.45, 2.75) is 12.7 Å². The van der Waals surface area contributed by atoms with Gasteiger partial charge in [-0.25, -0.2) is 4.39 Å². The maximum absolute atomic E-state index is 13.0. The fraction of sp³-hybridized carbons (Fsp3) is 0.250. The molecule has 5 heteroatoms. The summed E-state index contributed by atoms with van der Waals surface area (Å²) in [5.74, 6) is -1.22. The highest BCUT2D eigenvalue weighted by atomic mass is 19.4. The second-order valence-corrected chi connectivity index (χ2v) is 2.53. The number of hydrogen-bond donors (Lipinski definition) is 1. The van der Waals surface area contributed by atoms with E-state index in [0.717, 1.165) is 0 Å². The summed E-state index contributed by atoms with van der Waals surface area (Å²) in [7, 11) is 0. The van der Waals surface area contributed by atoms with Crippen LogP contribution in [0.15, 0.2) is 18.2 Å². The Labute approximate surface area is 72.2 Å². The monoisotopic (exact) mass is 194 g/mol. The van der Waals surface area contributed by atoms with Crippen LogP contribution >= 0.6 is 0 Å². The summed E-state index contributed by atoms with van der Waals surface area (Å²) in [6, 6.07) is 3.18. The van der Waals surface area contributed by atoms with Crippen LogP contribution in [-0.4, -0.2) is 0 Å². The maximum atomic E-state index is 13.0. The van der Waals surface area contributed by atoms with Crippen LogP contribution in [0.1, 0.15) is 11.1 Å². The number of hydrogen-bond acceptors (Lipinski definition) is 0. The predicted octanol–water partition coefficient (Wildman–Crippen LogP) is 1.59. The Kier molecular flexibility index (Phi) is 2.56. The Bertz CT molecular complexity index is 306. The third-order valence-electron chi connectivity index (χ3n) is 1.65. The largest absolute Gasteiger partial charge is 0.419 e. The average Bonchev–Trinajstić information content (AvgIpc) is 2.02. The zero-order chi connectivity index (χ0) is 10.1. The van der Waals surface area contributed by atoms with Gasteiger partial charge in [-0.3, -0.25) is 0 Å². The highest BCUT2D eigenvalue weighted by molar-refractivity contribution is 5.27. The molecule has 3 N–H and O–H groups in total. The normalized spacial score (nSPS) is 11.8. The highest BCUT2D eigenvalue weighted by Gasteiger charge is 2.34.